The lowest BCUT2D eigenvalue weighted by molar-refractivity contribution is 0.0507. The summed E-state index contributed by atoms with van der Waals surface area (Å²) in [5, 5.41) is 9.11. The summed E-state index contributed by atoms with van der Waals surface area (Å²) in [6, 6.07) is 9.78. The molecule has 0 atom stereocenters. The number of carboxylic acid groups (broad SMARTS) is 1. The van der Waals surface area contributed by atoms with Gasteiger partial charge in [-0.1, -0.05) is 37.3 Å². The van der Waals surface area contributed by atoms with Gasteiger partial charge in [-0.3, -0.25) is 4.79 Å². The van der Waals surface area contributed by atoms with E-state index in [1.54, 1.807) is 37.3 Å². The fraction of sp³-hybridized carbons (Fsp3) is 0.294. The molecule has 2 aromatic rings. The first-order chi connectivity index (χ1) is 11.4. The normalized spacial score (nSPS) is 10.8. The molecule has 0 aliphatic rings. The molecule has 0 aliphatic heterocycles. The lowest BCUT2D eigenvalue weighted by Crippen LogP contribution is -2.34. The van der Waals surface area contributed by atoms with E-state index in [0.29, 0.717) is 5.56 Å². The minimum Gasteiger partial charge on any atom is -0.478 e. The van der Waals surface area contributed by atoms with Crippen LogP contribution in [0.4, 0.5) is 8.78 Å². The molecule has 0 saturated heterocycles. The molecule has 0 spiro atoms. The molecule has 1 N–H and O–H groups in total. The molecule has 1 amide bonds. The van der Waals surface area contributed by atoms with E-state index in [1.807, 2.05) is 0 Å². The third-order valence-corrected chi connectivity index (χ3v) is 3.43. The zero-order valence-electron chi connectivity index (χ0n) is 13.0. The van der Waals surface area contributed by atoms with Crippen molar-refractivity contribution in [2.24, 2.45) is 0 Å². The highest BCUT2D eigenvalue weighted by molar-refractivity contribution is 5.96. The van der Waals surface area contributed by atoms with E-state index in [0.717, 1.165) is 11.0 Å². The number of nitrogens with zero attached hydrogens (tertiary/aromatic N) is 1. The van der Waals surface area contributed by atoms with Crippen LogP contribution >= 0.6 is 0 Å². The van der Waals surface area contributed by atoms with Crippen LogP contribution in [0.5, 0.6) is 0 Å². The number of aryl methyl sites for hydroxylation is 1. The van der Waals surface area contributed by atoms with Crippen LogP contribution in [0.15, 0.2) is 40.8 Å². The molecule has 0 bridgehead atoms. The minimum atomic E-state index is -2.71. The Hall–Kier alpha value is -2.70. The zero-order chi connectivity index (χ0) is 17.7. The Bertz CT molecular complexity index is 713. The van der Waals surface area contributed by atoms with Gasteiger partial charge in [-0.15, -0.1) is 0 Å². The Morgan fingerprint density at radius 1 is 1.25 bits per heavy atom. The molecule has 5 nitrogen and oxygen atoms in total. The van der Waals surface area contributed by atoms with Gasteiger partial charge in [0.1, 0.15) is 11.3 Å². The molecule has 1 heterocycles. The van der Waals surface area contributed by atoms with Crippen molar-refractivity contribution in [3.63, 3.8) is 0 Å². The molecule has 0 aliphatic carbocycles. The number of hydrogen-bond acceptors (Lipinski definition) is 3. The molecule has 0 radical (unpaired) electrons. The Morgan fingerprint density at radius 3 is 2.42 bits per heavy atom. The van der Waals surface area contributed by atoms with Crippen molar-refractivity contribution < 1.29 is 27.9 Å². The highest BCUT2D eigenvalue weighted by atomic mass is 19.3. The van der Waals surface area contributed by atoms with E-state index in [2.05, 4.69) is 0 Å². The van der Waals surface area contributed by atoms with Crippen LogP contribution in [0.25, 0.3) is 0 Å². The van der Waals surface area contributed by atoms with Crippen LogP contribution in [0.2, 0.25) is 0 Å². The average molecular weight is 337 g/mol. The Morgan fingerprint density at radius 2 is 1.92 bits per heavy atom. The standard InChI is InChI=1S/C17H17F2NO4/c1-2-13-12(17(22)23)8-14(24-13)16(21)20(10-15(18)19)9-11-6-4-3-5-7-11/h3-8,15H,2,9-10H2,1H3,(H,22,23). The van der Waals surface area contributed by atoms with Crippen LogP contribution < -0.4 is 0 Å². The van der Waals surface area contributed by atoms with Crippen LogP contribution in [0.1, 0.15) is 39.2 Å². The summed E-state index contributed by atoms with van der Waals surface area (Å²) in [6.45, 7) is 0.896. The van der Waals surface area contributed by atoms with Gasteiger partial charge in [0, 0.05) is 19.0 Å². The number of alkyl halides is 2. The van der Waals surface area contributed by atoms with Crippen molar-refractivity contribution >= 4 is 11.9 Å². The number of furan rings is 1. The van der Waals surface area contributed by atoms with Gasteiger partial charge in [0.15, 0.2) is 5.76 Å². The average Bonchev–Trinajstić information content (AvgIpc) is 2.98. The van der Waals surface area contributed by atoms with Gasteiger partial charge in [-0.25, -0.2) is 13.6 Å². The van der Waals surface area contributed by atoms with Crippen molar-refractivity contribution in [1.29, 1.82) is 0 Å². The van der Waals surface area contributed by atoms with E-state index in [1.165, 1.54) is 0 Å². The molecule has 1 aromatic heterocycles. The van der Waals surface area contributed by atoms with E-state index >= 15 is 0 Å². The van der Waals surface area contributed by atoms with E-state index in [9.17, 15) is 18.4 Å². The second-order valence-corrected chi connectivity index (χ2v) is 5.17. The number of aromatic carboxylic acids is 1. The monoisotopic (exact) mass is 337 g/mol. The predicted molar refractivity (Wildman–Crippen MR) is 82.2 cm³/mol. The van der Waals surface area contributed by atoms with Crippen LogP contribution in [0.3, 0.4) is 0 Å². The number of halogens is 2. The number of carbonyl (C=O) groups is 2. The van der Waals surface area contributed by atoms with Crippen LogP contribution in [0, 0.1) is 0 Å². The molecule has 0 fully saturated rings. The molecule has 2 rings (SSSR count). The number of rotatable bonds is 7. The highest BCUT2D eigenvalue weighted by Gasteiger charge is 2.26. The molecule has 7 heteroatoms. The van der Waals surface area contributed by atoms with Crippen LogP contribution in [-0.4, -0.2) is 34.9 Å². The van der Waals surface area contributed by atoms with Gasteiger partial charge in [0.2, 0.25) is 0 Å². The smallest absolute Gasteiger partial charge is 0.339 e. The van der Waals surface area contributed by atoms with Gasteiger partial charge in [-0.05, 0) is 5.56 Å². The molecule has 1 aromatic carbocycles. The second-order valence-electron chi connectivity index (χ2n) is 5.17. The lowest BCUT2D eigenvalue weighted by atomic mass is 10.2. The highest BCUT2D eigenvalue weighted by Crippen LogP contribution is 2.20. The maximum absolute atomic E-state index is 12.8. The third kappa shape index (κ3) is 4.18. The van der Waals surface area contributed by atoms with Gasteiger partial charge >= 0.3 is 5.97 Å². The first-order valence-electron chi connectivity index (χ1n) is 7.39. The van der Waals surface area contributed by atoms with Crippen molar-refractivity contribution in [1.82, 2.24) is 4.90 Å². The van der Waals surface area contributed by atoms with Crippen LogP contribution in [-0.2, 0) is 13.0 Å². The molecular formula is C17H17F2NO4. The number of hydrogen-bond donors (Lipinski definition) is 1. The first kappa shape index (κ1) is 17.7. The van der Waals surface area contributed by atoms with Gasteiger partial charge in [-0.2, -0.15) is 0 Å². The molecule has 24 heavy (non-hydrogen) atoms. The molecule has 0 unspecified atom stereocenters. The number of benzene rings is 1. The zero-order valence-corrected chi connectivity index (χ0v) is 13.0. The summed E-state index contributed by atoms with van der Waals surface area (Å²) in [5.41, 5.74) is 0.560. The maximum Gasteiger partial charge on any atom is 0.339 e. The lowest BCUT2D eigenvalue weighted by Gasteiger charge is -2.21. The fourth-order valence-electron chi connectivity index (χ4n) is 2.32. The second kappa shape index (κ2) is 7.72. The molecule has 0 saturated carbocycles. The van der Waals surface area contributed by atoms with Crippen molar-refractivity contribution in [3.8, 4) is 0 Å². The quantitative estimate of drug-likeness (QED) is 0.840. The summed E-state index contributed by atoms with van der Waals surface area (Å²) in [6.07, 6.45) is -2.43. The van der Waals surface area contributed by atoms with Crippen molar-refractivity contribution in [2.45, 2.75) is 26.3 Å². The van der Waals surface area contributed by atoms with E-state index in [4.69, 9.17) is 9.52 Å². The van der Waals surface area contributed by atoms with Gasteiger partial charge in [0.25, 0.3) is 12.3 Å². The van der Waals surface area contributed by atoms with Gasteiger partial charge in [0.05, 0.1) is 6.54 Å². The van der Waals surface area contributed by atoms with E-state index in [-0.39, 0.29) is 30.0 Å². The number of carbonyl (C=O) groups excluding carboxylic acids is 1. The Kier molecular flexibility index (Phi) is 5.68. The van der Waals surface area contributed by atoms with Crippen molar-refractivity contribution in [2.75, 3.05) is 6.54 Å². The molecule has 128 valence electrons. The first-order valence-corrected chi connectivity index (χ1v) is 7.39. The minimum absolute atomic E-state index is 0.0193. The Labute approximate surface area is 137 Å². The topological polar surface area (TPSA) is 70.8 Å². The third-order valence-electron chi connectivity index (χ3n) is 3.43. The van der Waals surface area contributed by atoms with E-state index < -0.39 is 24.8 Å². The summed E-state index contributed by atoms with van der Waals surface area (Å²) in [5.74, 6) is -2.09. The summed E-state index contributed by atoms with van der Waals surface area (Å²) in [7, 11) is 0. The largest absolute Gasteiger partial charge is 0.478 e. The van der Waals surface area contributed by atoms with Gasteiger partial charge < -0.3 is 14.4 Å². The predicted octanol–water partition coefficient (Wildman–Crippen LogP) is 3.45. The fourth-order valence-corrected chi connectivity index (χ4v) is 2.32. The van der Waals surface area contributed by atoms with Crippen molar-refractivity contribution in [3.05, 3.63) is 59.0 Å². The summed E-state index contributed by atoms with van der Waals surface area (Å²) in [4.78, 5) is 24.6. The summed E-state index contributed by atoms with van der Waals surface area (Å²) < 4.78 is 30.9. The maximum atomic E-state index is 12.8. The number of amides is 1. The summed E-state index contributed by atoms with van der Waals surface area (Å²) >= 11 is 0. The number of carboxylic acids is 1. The Balaban J connectivity index is 2.28. The SMILES string of the molecule is CCc1oc(C(=O)N(Cc2ccccc2)CC(F)F)cc1C(=O)O. The molecular weight excluding hydrogens is 320 g/mol.